The fraction of sp³-hybridized carbons (Fsp3) is 0.0909. The summed E-state index contributed by atoms with van der Waals surface area (Å²) < 4.78 is 29.7. The molecule has 0 radical (unpaired) electrons. The number of anilines is 1. The van der Waals surface area contributed by atoms with E-state index in [2.05, 4.69) is 5.32 Å². The van der Waals surface area contributed by atoms with Gasteiger partial charge >= 0.3 is 0 Å². The van der Waals surface area contributed by atoms with E-state index in [-0.39, 0.29) is 22.9 Å². The van der Waals surface area contributed by atoms with Crippen LogP contribution in [0.5, 0.6) is 0 Å². The Labute approximate surface area is 175 Å². The Balaban J connectivity index is 1.59. The molecule has 1 amide bonds. The Morgan fingerprint density at radius 3 is 2.50 bits per heavy atom. The highest BCUT2D eigenvalue weighted by Crippen LogP contribution is 2.19. The summed E-state index contributed by atoms with van der Waals surface area (Å²) in [6.45, 7) is 0.0930. The predicted octanol–water partition coefficient (Wildman–Crippen LogP) is 4.42. The van der Waals surface area contributed by atoms with E-state index in [0.717, 1.165) is 11.5 Å². The van der Waals surface area contributed by atoms with Crippen LogP contribution >= 0.6 is 11.6 Å². The summed E-state index contributed by atoms with van der Waals surface area (Å²) in [6.07, 6.45) is 3.29. The fourth-order valence-electron chi connectivity index (χ4n) is 3.26. The summed E-state index contributed by atoms with van der Waals surface area (Å²) in [4.78, 5) is 25.3. The van der Waals surface area contributed by atoms with Gasteiger partial charge in [-0.25, -0.2) is 8.78 Å². The highest BCUT2D eigenvalue weighted by atomic mass is 35.5. The minimum Gasteiger partial charge on any atom is -0.339 e. The molecule has 0 saturated heterocycles. The molecule has 0 unspecified atom stereocenters. The number of aromatic nitrogens is 2. The number of halogens is 3. The molecule has 2 heterocycles. The summed E-state index contributed by atoms with van der Waals surface area (Å²) in [5.41, 5.74) is 1.11. The normalized spacial score (nSPS) is 11.0. The Kier molecular flexibility index (Phi) is 5.37. The average Bonchev–Trinajstić information content (AvgIpc) is 3.10. The van der Waals surface area contributed by atoms with Crippen molar-refractivity contribution in [3.8, 4) is 0 Å². The summed E-state index contributed by atoms with van der Waals surface area (Å²) in [5, 5.41) is 3.20. The van der Waals surface area contributed by atoms with Crippen molar-refractivity contribution in [2.24, 2.45) is 0 Å². The largest absolute Gasteiger partial charge is 0.339 e. The van der Waals surface area contributed by atoms with Crippen molar-refractivity contribution in [3.63, 3.8) is 0 Å². The molecule has 5 nitrogen and oxygen atoms in total. The first kappa shape index (κ1) is 19.8. The maximum Gasteiger partial charge on any atom is 0.275 e. The number of nitrogens with one attached hydrogen (secondary N) is 1. The molecule has 0 aliphatic rings. The van der Waals surface area contributed by atoms with E-state index in [1.807, 2.05) is 0 Å². The number of nitrogens with zero attached hydrogens (tertiary/aromatic N) is 2. The van der Waals surface area contributed by atoms with Crippen molar-refractivity contribution in [2.75, 3.05) is 5.32 Å². The van der Waals surface area contributed by atoms with E-state index in [1.54, 1.807) is 35.0 Å². The zero-order chi connectivity index (χ0) is 21.3. The third kappa shape index (κ3) is 4.11. The van der Waals surface area contributed by atoms with E-state index in [1.165, 1.54) is 35.0 Å². The summed E-state index contributed by atoms with van der Waals surface area (Å²) in [6, 6.07) is 13.5. The predicted molar refractivity (Wildman–Crippen MR) is 112 cm³/mol. The second-order valence-corrected chi connectivity index (χ2v) is 7.21. The van der Waals surface area contributed by atoms with Crippen LogP contribution < -0.4 is 10.9 Å². The van der Waals surface area contributed by atoms with Crippen molar-refractivity contribution in [2.45, 2.75) is 13.1 Å². The molecule has 2 aromatic carbocycles. The zero-order valence-electron chi connectivity index (χ0n) is 15.6. The lowest BCUT2D eigenvalue weighted by Crippen LogP contribution is -2.28. The van der Waals surface area contributed by atoms with Crippen LogP contribution in [0.2, 0.25) is 5.02 Å². The number of rotatable bonds is 5. The molecule has 2 aromatic heterocycles. The highest BCUT2D eigenvalue weighted by Gasteiger charge is 2.12. The molecule has 152 valence electrons. The van der Waals surface area contributed by atoms with E-state index in [9.17, 15) is 18.4 Å². The van der Waals surface area contributed by atoms with Gasteiger partial charge in [0.15, 0.2) is 0 Å². The van der Waals surface area contributed by atoms with Crippen LogP contribution in [0, 0.1) is 11.6 Å². The molecule has 0 saturated carbocycles. The SMILES string of the molecule is O=C(Cn1ccc2ccn(Cc3cccc(F)c3)c2c1=O)Nc1ccc(F)c(Cl)c1. The van der Waals surface area contributed by atoms with Gasteiger partial charge in [-0.05, 0) is 48.0 Å². The van der Waals surface area contributed by atoms with Crippen LogP contribution in [0.4, 0.5) is 14.5 Å². The van der Waals surface area contributed by atoms with Gasteiger partial charge in [0.05, 0.1) is 5.02 Å². The Morgan fingerprint density at radius 1 is 1.00 bits per heavy atom. The van der Waals surface area contributed by atoms with Gasteiger partial charge < -0.3 is 14.5 Å². The van der Waals surface area contributed by atoms with E-state index < -0.39 is 11.7 Å². The lowest BCUT2D eigenvalue weighted by atomic mass is 10.2. The number of pyridine rings is 1. The van der Waals surface area contributed by atoms with Gasteiger partial charge in [0.2, 0.25) is 5.91 Å². The van der Waals surface area contributed by atoms with Gasteiger partial charge in [-0.1, -0.05) is 23.7 Å². The van der Waals surface area contributed by atoms with Crippen LogP contribution in [0.25, 0.3) is 10.9 Å². The first-order valence-electron chi connectivity index (χ1n) is 9.08. The van der Waals surface area contributed by atoms with Gasteiger partial charge in [0.25, 0.3) is 5.56 Å². The van der Waals surface area contributed by atoms with Gasteiger partial charge in [-0.3, -0.25) is 9.59 Å². The van der Waals surface area contributed by atoms with Crippen molar-refractivity contribution in [1.29, 1.82) is 0 Å². The smallest absolute Gasteiger partial charge is 0.275 e. The monoisotopic (exact) mass is 427 g/mol. The minimum atomic E-state index is -0.588. The fourth-order valence-corrected chi connectivity index (χ4v) is 3.44. The molecule has 0 atom stereocenters. The maximum atomic E-state index is 13.5. The maximum absolute atomic E-state index is 13.5. The molecule has 4 rings (SSSR count). The molecule has 0 aliphatic carbocycles. The Morgan fingerprint density at radius 2 is 1.77 bits per heavy atom. The zero-order valence-corrected chi connectivity index (χ0v) is 16.4. The molecule has 0 spiro atoms. The molecule has 4 aromatic rings. The molecule has 0 aliphatic heterocycles. The molecular weight excluding hydrogens is 412 g/mol. The summed E-state index contributed by atoms with van der Waals surface area (Å²) >= 11 is 5.72. The number of fused-ring (bicyclic) bond motifs is 1. The van der Waals surface area contributed by atoms with Gasteiger partial charge in [-0.2, -0.15) is 0 Å². The molecule has 1 N–H and O–H groups in total. The second-order valence-electron chi connectivity index (χ2n) is 6.80. The number of hydrogen-bond acceptors (Lipinski definition) is 2. The minimum absolute atomic E-state index is 0.110. The van der Waals surface area contributed by atoms with Crippen molar-refractivity contribution in [3.05, 3.63) is 99.6 Å². The van der Waals surface area contributed by atoms with Crippen molar-refractivity contribution >= 4 is 34.1 Å². The summed E-state index contributed by atoms with van der Waals surface area (Å²) in [5.74, 6) is -1.39. The third-order valence-electron chi connectivity index (χ3n) is 4.65. The van der Waals surface area contributed by atoms with Crippen LogP contribution in [-0.4, -0.2) is 15.0 Å². The van der Waals surface area contributed by atoms with Crippen molar-refractivity contribution < 1.29 is 13.6 Å². The topological polar surface area (TPSA) is 56.0 Å². The van der Waals surface area contributed by atoms with Crippen LogP contribution in [0.1, 0.15) is 5.56 Å². The van der Waals surface area contributed by atoms with Gasteiger partial charge in [-0.15, -0.1) is 0 Å². The highest BCUT2D eigenvalue weighted by molar-refractivity contribution is 6.31. The second kappa shape index (κ2) is 8.12. The number of carbonyl (C=O) groups excluding carboxylic acids is 1. The number of hydrogen-bond donors (Lipinski definition) is 1. The molecular formula is C22H16ClF2N3O2. The molecule has 0 bridgehead atoms. The lowest BCUT2D eigenvalue weighted by Gasteiger charge is -2.10. The number of amides is 1. The lowest BCUT2D eigenvalue weighted by molar-refractivity contribution is -0.116. The summed E-state index contributed by atoms with van der Waals surface area (Å²) in [7, 11) is 0. The first-order valence-corrected chi connectivity index (χ1v) is 9.46. The standard InChI is InChI=1S/C22H16ClF2N3O2/c23-18-11-17(4-5-19(18)25)26-20(29)13-28-9-7-15-6-8-27(21(15)22(28)30)12-14-2-1-3-16(24)10-14/h1-11H,12-13H2,(H,26,29). The first-order chi connectivity index (χ1) is 14.4. The number of carbonyl (C=O) groups is 1. The number of benzene rings is 2. The Bertz CT molecular complexity index is 1310. The average molecular weight is 428 g/mol. The van der Waals surface area contributed by atoms with Crippen molar-refractivity contribution in [1.82, 2.24) is 9.13 Å². The third-order valence-corrected chi connectivity index (χ3v) is 4.94. The van der Waals surface area contributed by atoms with Crippen LogP contribution in [-0.2, 0) is 17.9 Å². The van der Waals surface area contributed by atoms with Gasteiger partial charge in [0.1, 0.15) is 23.7 Å². The van der Waals surface area contributed by atoms with Crippen LogP contribution in [0.3, 0.4) is 0 Å². The molecule has 0 fully saturated rings. The van der Waals surface area contributed by atoms with Crippen LogP contribution in [0.15, 0.2) is 71.8 Å². The van der Waals surface area contributed by atoms with E-state index >= 15 is 0 Å². The van der Waals surface area contributed by atoms with Gasteiger partial charge in [0, 0.05) is 30.0 Å². The van der Waals surface area contributed by atoms with E-state index in [4.69, 9.17) is 11.6 Å². The quantitative estimate of drug-likeness (QED) is 0.512. The molecule has 30 heavy (non-hydrogen) atoms. The molecule has 8 heteroatoms. The Hall–Kier alpha value is -3.45. The van der Waals surface area contributed by atoms with E-state index in [0.29, 0.717) is 23.3 Å².